The molecule has 0 atom stereocenters. The van der Waals surface area contributed by atoms with Crippen LogP contribution in [0.1, 0.15) is 22.3 Å². The summed E-state index contributed by atoms with van der Waals surface area (Å²) in [6.07, 6.45) is -4.61. The van der Waals surface area contributed by atoms with Crippen LogP contribution in [0.4, 0.5) is 18.9 Å². The molecule has 7 heteroatoms. The van der Waals surface area contributed by atoms with Crippen LogP contribution in [0.15, 0.2) is 140 Å². The maximum atomic E-state index is 13.9. The molecule has 9 aromatic rings. The Morgan fingerprint density at radius 1 is 0.556 bits per heavy atom. The van der Waals surface area contributed by atoms with E-state index in [2.05, 4.69) is 94.6 Å². The molecular weight excluding hydrogens is 678 g/mol. The van der Waals surface area contributed by atoms with Crippen LogP contribution in [0.2, 0.25) is 0 Å². The first-order chi connectivity index (χ1) is 26.1. The van der Waals surface area contributed by atoms with Crippen LogP contribution in [-0.2, 0) is 6.18 Å². The lowest BCUT2D eigenvalue weighted by Crippen LogP contribution is -2.04. The fourth-order valence-electron chi connectivity index (χ4n) is 7.88. The third-order valence-corrected chi connectivity index (χ3v) is 10.3. The molecule has 4 nitrogen and oxygen atoms in total. The molecule has 0 fully saturated rings. The van der Waals surface area contributed by atoms with Crippen molar-refractivity contribution in [2.24, 2.45) is 0 Å². The number of rotatable bonds is 4. The quantitative estimate of drug-likeness (QED) is 0.168. The SMILES string of the molecule is [C-]#[N+]c1cc(C(F)(F)F)ccc1-c1ccc(-n2c3ccccc3c3cc(C)ccc32)cc1-c1cc(C#N)ccc1-n1c2ccccc2c2cc(C)ccc21. The maximum absolute atomic E-state index is 13.9. The molecule has 0 bridgehead atoms. The first kappa shape index (κ1) is 32.8. The van der Waals surface area contributed by atoms with Gasteiger partial charge in [-0.15, -0.1) is 0 Å². The molecule has 0 radical (unpaired) electrons. The number of nitrogens with zero attached hydrogens (tertiary/aromatic N) is 4. The molecule has 9 rings (SSSR count). The van der Waals surface area contributed by atoms with Gasteiger partial charge >= 0.3 is 6.18 Å². The van der Waals surface area contributed by atoms with Gasteiger partial charge < -0.3 is 9.13 Å². The predicted molar refractivity (Wildman–Crippen MR) is 211 cm³/mol. The van der Waals surface area contributed by atoms with E-state index in [9.17, 15) is 18.4 Å². The summed E-state index contributed by atoms with van der Waals surface area (Å²) in [7, 11) is 0. The molecule has 0 N–H and O–H groups in total. The first-order valence-corrected chi connectivity index (χ1v) is 17.4. The molecule has 0 aliphatic carbocycles. The van der Waals surface area contributed by atoms with Gasteiger partial charge in [0, 0.05) is 38.4 Å². The Labute approximate surface area is 309 Å². The van der Waals surface area contributed by atoms with E-state index in [1.165, 1.54) is 6.07 Å². The predicted octanol–water partition coefficient (Wildman–Crippen LogP) is 13.3. The highest BCUT2D eigenvalue weighted by atomic mass is 19.4. The number of hydrogen-bond acceptors (Lipinski definition) is 1. The second-order valence-electron chi connectivity index (χ2n) is 13.7. The number of nitriles is 1. The molecule has 0 spiro atoms. The summed E-state index contributed by atoms with van der Waals surface area (Å²) in [5, 5.41) is 14.6. The second kappa shape index (κ2) is 12.3. The molecular formula is C47H29F3N4. The number of benzene rings is 7. The Morgan fingerprint density at radius 2 is 1.15 bits per heavy atom. The van der Waals surface area contributed by atoms with E-state index in [1.54, 1.807) is 6.07 Å². The molecule has 2 aromatic heterocycles. The molecule has 0 saturated carbocycles. The van der Waals surface area contributed by atoms with Crippen LogP contribution < -0.4 is 0 Å². The van der Waals surface area contributed by atoms with E-state index in [0.29, 0.717) is 27.8 Å². The number of hydrogen-bond donors (Lipinski definition) is 0. The molecule has 258 valence electrons. The molecule has 54 heavy (non-hydrogen) atoms. The van der Waals surface area contributed by atoms with E-state index in [-0.39, 0.29) is 5.69 Å². The molecule has 2 heterocycles. The zero-order chi connectivity index (χ0) is 37.3. The zero-order valence-corrected chi connectivity index (χ0v) is 29.2. The van der Waals surface area contributed by atoms with Crippen LogP contribution >= 0.6 is 0 Å². The molecule has 0 amide bonds. The van der Waals surface area contributed by atoms with Gasteiger partial charge in [0.2, 0.25) is 0 Å². The third kappa shape index (κ3) is 5.13. The van der Waals surface area contributed by atoms with Crippen LogP contribution in [0.25, 0.3) is 82.1 Å². The van der Waals surface area contributed by atoms with Crippen molar-refractivity contribution in [3.63, 3.8) is 0 Å². The Bertz CT molecular complexity index is 3090. The Hall–Kier alpha value is -7.09. The topological polar surface area (TPSA) is 38.0 Å². The van der Waals surface area contributed by atoms with Gasteiger partial charge in [0.05, 0.1) is 46.0 Å². The van der Waals surface area contributed by atoms with Crippen molar-refractivity contribution in [1.82, 2.24) is 9.13 Å². The van der Waals surface area contributed by atoms with E-state index in [4.69, 9.17) is 6.57 Å². The van der Waals surface area contributed by atoms with Crippen LogP contribution in [-0.4, -0.2) is 9.13 Å². The highest BCUT2D eigenvalue weighted by Crippen LogP contribution is 2.45. The normalized spacial score (nSPS) is 11.8. The lowest BCUT2D eigenvalue weighted by molar-refractivity contribution is -0.137. The number of alkyl halides is 3. The van der Waals surface area contributed by atoms with Gasteiger partial charge in [-0.05, 0) is 103 Å². The highest BCUT2D eigenvalue weighted by Gasteiger charge is 2.31. The van der Waals surface area contributed by atoms with Gasteiger partial charge in [0.1, 0.15) is 0 Å². The fourth-order valence-corrected chi connectivity index (χ4v) is 7.88. The number of fused-ring (bicyclic) bond motifs is 6. The Morgan fingerprint density at radius 3 is 1.78 bits per heavy atom. The summed E-state index contributed by atoms with van der Waals surface area (Å²) >= 11 is 0. The second-order valence-corrected chi connectivity index (χ2v) is 13.7. The lowest BCUT2D eigenvalue weighted by atomic mass is 9.90. The van der Waals surface area contributed by atoms with Crippen molar-refractivity contribution in [3.05, 3.63) is 173 Å². The molecule has 0 aliphatic heterocycles. The summed E-state index contributed by atoms with van der Waals surface area (Å²) < 4.78 is 46.1. The fraction of sp³-hybridized carbons (Fsp3) is 0.0638. The zero-order valence-electron chi connectivity index (χ0n) is 29.2. The average Bonchev–Trinajstić information content (AvgIpc) is 3.68. The van der Waals surface area contributed by atoms with Crippen LogP contribution in [0.5, 0.6) is 0 Å². The Kier molecular flexibility index (Phi) is 7.44. The van der Waals surface area contributed by atoms with Gasteiger partial charge in [-0.3, -0.25) is 0 Å². The van der Waals surface area contributed by atoms with Crippen molar-refractivity contribution in [1.29, 1.82) is 5.26 Å². The maximum Gasteiger partial charge on any atom is 0.415 e. The van der Waals surface area contributed by atoms with Crippen LogP contribution in [0, 0.1) is 31.8 Å². The lowest BCUT2D eigenvalue weighted by Gasteiger charge is -2.20. The summed E-state index contributed by atoms with van der Waals surface area (Å²) in [6, 6.07) is 46.1. The molecule has 0 unspecified atom stereocenters. The largest absolute Gasteiger partial charge is 0.415 e. The third-order valence-electron chi connectivity index (χ3n) is 10.3. The van der Waals surface area contributed by atoms with Crippen molar-refractivity contribution in [2.45, 2.75) is 20.0 Å². The van der Waals surface area contributed by atoms with Crippen LogP contribution in [0.3, 0.4) is 0 Å². The molecule has 7 aromatic carbocycles. The van der Waals surface area contributed by atoms with Crippen molar-refractivity contribution < 1.29 is 13.2 Å². The number of para-hydroxylation sites is 2. The van der Waals surface area contributed by atoms with Gasteiger partial charge in [-0.2, -0.15) is 18.4 Å². The van der Waals surface area contributed by atoms with E-state index in [1.807, 2.05) is 54.6 Å². The monoisotopic (exact) mass is 706 g/mol. The minimum absolute atomic E-state index is 0.114. The van der Waals surface area contributed by atoms with Gasteiger partial charge in [0.25, 0.3) is 0 Å². The van der Waals surface area contributed by atoms with E-state index < -0.39 is 11.7 Å². The number of aromatic nitrogens is 2. The Balaban J connectivity index is 1.41. The van der Waals surface area contributed by atoms with Gasteiger partial charge in [-0.25, -0.2) is 4.85 Å². The minimum Gasteiger partial charge on any atom is -0.309 e. The first-order valence-electron chi connectivity index (χ1n) is 17.4. The number of halogens is 3. The average molecular weight is 707 g/mol. The van der Waals surface area contributed by atoms with Gasteiger partial charge in [-0.1, -0.05) is 77.9 Å². The van der Waals surface area contributed by atoms with Gasteiger partial charge in [0.15, 0.2) is 5.69 Å². The standard InChI is InChI=1S/C47H29F3N4/c1-28-12-19-44-38(22-28)35-8-4-6-10-42(35)53(44)32-16-18-33(34-17-15-31(47(48,49)50)25-41(34)52-3)37(26-32)40-24-30(27-51)14-21-46(40)54-43-11-7-5-9-36(43)39-23-29(2)13-20-45(39)54/h4-26H,1-2H3. The van der Waals surface area contributed by atoms with E-state index >= 15 is 0 Å². The van der Waals surface area contributed by atoms with Crippen molar-refractivity contribution >= 4 is 49.3 Å². The minimum atomic E-state index is -4.61. The molecule has 0 aliphatic rings. The van der Waals surface area contributed by atoms with Crippen molar-refractivity contribution in [2.75, 3.05) is 0 Å². The summed E-state index contributed by atoms with van der Waals surface area (Å²) in [5.74, 6) is 0. The summed E-state index contributed by atoms with van der Waals surface area (Å²) in [6.45, 7) is 12.1. The molecule has 0 saturated heterocycles. The summed E-state index contributed by atoms with van der Waals surface area (Å²) in [4.78, 5) is 3.60. The highest BCUT2D eigenvalue weighted by molar-refractivity contribution is 6.11. The van der Waals surface area contributed by atoms with Crippen molar-refractivity contribution in [3.8, 4) is 39.7 Å². The smallest absolute Gasteiger partial charge is 0.309 e. The summed E-state index contributed by atoms with van der Waals surface area (Å²) in [5.41, 5.74) is 9.53. The van der Waals surface area contributed by atoms with E-state index in [0.717, 1.165) is 78.2 Å². The number of aryl methyl sites for hydroxylation is 2.